The number of unbranched alkanes of at least 4 members (excludes halogenated alkanes) is 6. The first kappa shape index (κ1) is 31.2. The van der Waals surface area contributed by atoms with Gasteiger partial charge in [-0.05, 0) is 61.1 Å². The minimum absolute atomic E-state index is 0.565. The van der Waals surface area contributed by atoms with Crippen LogP contribution in [0.3, 0.4) is 0 Å². The van der Waals surface area contributed by atoms with Gasteiger partial charge >= 0.3 is 0 Å². The number of rotatable bonds is 14. The molecule has 0 aliphatic heterocycles. The van der Waals surface area contributed by atoms with Gasteiger partial charge in [-0.15, -0.1) is 0 Å². The van der Waals surface area contributed by atoms with Crippen molar-refractivity contribution in [3.63, 3.8) is 0 Å². The first-order valence-electron chi connectivity index (χ1n) is 17.1. The third kappa shape index (κ3) is 6.30. The van der Waals surface area contributed by atoms with Crippen LogP contribution in [0.4, 0.5) is 0 Å². The van der Waals surface area contributed by atoms with E-state index in [0.29, 0.717) is 11.6 Å². The fourth-order valence-electron chi connectivity index (χ4n) is 6.50. The van der Waals surface area contributed by atoms with Crippen LogP contribution < -0.4 is 0 Å². The van der Waals surface area contributed by atoms with Gasteiger partial charge in [-0.25, -0.2) is 39.3 Å². The Bertz CT molecular complexity index is 1970. The summed E-state index contributed by atoms with van der Waals surface area (Å²) in [4.78, 5) is 25.9. The number of aromatic nitrogens is 10. The van der Waals surface area contributed by atoms with Gasteiger partial charge in [0.2, 0.25) is 0 Å². The summed E-state index contributed by atoms with van der Waals surface area (Å²) in [5.74, 6) is 1.13. The Hall–Kier alpha value is -5.38. The molecule has 242 valence electrons. The summed E-state index contributed by atoms with van der Waals surface area (Å²) in [6.45, 7) is 4.50. The van der Waals surface area contributed by atoms with Crippen molar-refractivity contribution in [2.75, 3.05) is 0 Å². The molecule has 0 spiro atoms. The molecule has 0 radical (unpaired) electrons. The molecule has 10 heteroatoms. The Labute approximate surface area is 280 Å². The third-order valence-corrected chi connectivity index (χ3v) is 8.92. The monoisotopic (exact) mass is 636 g/mol. The Morgan fingerprint density at radius 2 is 0.917 bits per heavy atom. The Morgan fingerprint density at radius 1 is 0.500 bits per heavy atom. The molecule has 0 saturated carbocycles. The minimum Gasteiger partial charge on any atom is -0.232 e. The van der Waals surface area contributed by atoms with Crippen LogP contribution in [0.1, 0.15) is 76.3 Å². The van der Waals surface area contributed by atoms with E-state index in [1.807, 2.05) is 12.1 Å². The van der Waals surface area contributed by atoms with Crippen LogP contribution in [-0.4, -0.2) is 49.5 Å². The molecule has 0 fully saturated rings. The summed E-state index contributed by atoms with van der Waals surface area (Å²) in [6, 6.07) is 21.4. The van der Waals surface area contributed by atoms with Gasteiger partial charge in [0.1, 0.15) is 36.7 Å². The minimum atomic E-state index is 0.565. The normalized spacial score (nSPS) is 11.5. The number of fused-ring (bicyclic) bond motifs is 2. The number of hydrogen-bond acceptors (Lipinski definition) is 8. The summed E-state index contributed by atoms with van der Waals surface area (Å²) in [7, 11) is 0. The molecular formula is C38H40N10. The van der Waals surface area contributed by atoms with Crippen LogP contribution >= 0.6 is 0 Å². The van der Waals surface area contributed by atoms with Crippen molar-refractivity contribution in [3.05, 3.63) is 97.1 Å². The van der Waals surface area contributed by atoms with E-state index in [2.05, 4.69) is 102 Å². The molecule has 7 rings (SSSR count). The van der Waals surface area contributed by atoms with E-state index in [-0.39, 0.29) is 0 Å². The first-order chi connectivity index (χ1) is 23.8. The summed E-state index contributed by atoms with van der Waals surface area (Å²) in [5.41, 5.74) is 8.18. The van der Waals surface area contributed by atoms with E-state index in [0.717, 1.165) is 70.3 Å². The summed E-state index contributed by atoms with van der Waals surface area (Å²) < 4.78 is 4.20. The number of nitrogens with zero attached hydrogens (tertiary/aromatic N) is 10. The van der Waals surface area contributed by atoms with Gasteiger partial charge in [0.25, 0.3) is 0 Å². The Kier molecular flexibility index (Phi) is 9.49. The van der Waals surface area contributed by atoms with Gasteiger partial charge in [-0.1, -0.05) is 88.8 Å². The molecule has 0 saturated heterocycles. The van der Waals surface area contributed by atoms with Crippen LogP contribution in [0.2, 0.25) is 0 Å². The van der Waals surface area contributed by atoms with Crippen molar-refractivity contribution in [1.29, 1.82) is 0 Å². The van der Waals surface area contributed by atoms with Crippen LogP contribution in [0.25, 0.3) is 56.2 Å². The van der Waals surface area contributed by atoms with E-state index in [1.54, 1.807) is 0 Å². The third-order valence-electron chi connectivity index (χ3n) is 8.92. The molecule has 0 atom stereocenters. The molecule has 10 nitrogen and oxygen atoms in total. The lowest BCUT2D eigenvalue weighted by Gasteiger charge is -2.18. The predicted molar refractivity (Wildman–Crippen MR) is 189 cm³/mol. The van der Waals surface area contributed by atoms with Gasteiger partial charge in [-0.3, -0.25) is 0 Å². The molecule has 4 heterocycles. The number of para-hydroxylation sites is 2. The Balaban J connectivity index is 1.45. The van der Waals surface area contributed by atoms with Crippen LogP contribution in [0, 0.1) is 0 Å². The highest BCUT2D eigenvalue weighted by molar-refractivity contribution is 5.94. The van der Waals surface area contributed by atoms with Crippen LogP contribution in [0.15, 0.2) is 86.0 Å². The van der Waals surface area contributed by atoms with Crippen LogP contribution in [0.5, 0.6) is 0 Å². The van der Waals surface area contributed by atoms with Crippen molar-refractivity contribution in [1.82, 2.24) is 49.5 Å². The molecule has 0 aliphatic carbocycles. The summed E-state index contributed by atoms with van der Waals surface area (Å²) >= 11 is 0. The second-order valence-electron chi connectivity index (χ2n) is 12.2. The van der Waals surface area contributed by atoms with Gasteiger partial charge < -0.3 is 0 Å². The van der Waals surface area contributed by atoms with Gasteiger partial charge in [-0.2, -0.15) is 10.2 Å². The first-order valence-corrected chi connectivity index (χ1v) is 17.1. The van der Waals surface area contributed by atoms with Crippen molar-refractivity contribution in [3.8, 4) is 34.4 Å². The largest absolute Gasteiger partial charge is 0.232 e. The van der Waals surface area contributed by atoms with E-state index in [9.17, 15) is 0 Å². The zero-order valence-electron chi connectivity index (χ0n) is 27.6. The predicted octanol–water partition coefficient (Wildman–Crippen LogP) is 8.31. The van der Waals surface area contributed by atoms with E-state index in [1.165, 1.54) is 75.0 Å². The number of aryl methyl sites for hydroxylation is 2. The molecule has 3 aromatic carbocycles. The van der Waals surface area contributed by atoms with Crippen molar-refractivity contribution in [2.24, 2.45) is 0 Å². The van der Waals surface area contributed by atoms with Crippen molar-refractivity contribution in [2.45, 2.75) is 78.1 Å². The standard InChI is InChI=1S/C38H40N10/c1-3-5-7-9-15-27-21-34(48-32-20-14-12-18-30(32)36(46-48)38-43-25-40-26-44-38)28(16-10-8-6-4-2)22-33(27)47-31-19-13-11-17-29(31)35(45-47)37-41-23-39-24-42-37/h11-14,17-26H,3-10,15-16H2,1-2H3. The zero-order chi connectivity index (χ0) is 32.7. The maximum atomic E-state index is 5.20. The maximum absolute atomic E-state index is 5.20. The average Bonchev–Trinajstić information content (AvgIpc) is 3.72. The Morgan fingerprint density at radius 3 is 1.33 bits per heavy atom. The van der Waals surface area contributed by atoms with E-state index in [4.69, 9.17) is 10.2 Å². The SMILES string of the molecule is CCCCCCc1cc(-n2nc(-c3ncncn3)c3ccccc32)c(CCCCCC)cc1-n1nc(-c2ncncn2)c2ccccc21. The quantitative estimate of drug-likeness (QED) is 0.110. The highest BCUT2D eigenvalue weighted by atomic mass is 15.3. The van der Waals surface area contributed by atoms with E-state index >= 15 is 0 Å². The molecular weight excluding hydrogens is 596 g/mol. The smallest absolute Gasteiger partial charge is 0.183 e. The average molecular weight is 637 g/mol. The van der Waals surface area contributed by atoms with Crippen LogP contribution in [-0.2, 0) is 12.8 Å². The molecule has 48 heavy (non-hydrogen) atoms. The zero-order valence-corrected chi connectivity index (χ0v) is 27.6. The molecule has 0 bridgehead atoms. The topological polar surface area (TPSA) is 113 Å². The highest BCUT2D eigenvalue weighted by Crippen LogP contribution is 2.35. The molecule has 0 N–H and O–H groups in total. The molecule has 7 aromatic rings. The lowest BCUT2D eigenvalue weighted by molar-refractivity contribution is 0.659. The second-order valence-corrected chi connectivity index (χ2v) is 12.2. The highest BCUT2D eigenvalue weighted by Gasteiger charge is 2.22. The lowest BCUT2D eigenvalue weighted by Crippen LogP contribution is -2.09. The molecule has 0 aliphatic rings. The fraction of sp³-hybridized carbons (Fsp3) is 0.316. The fourth-order valence-corrected chi connectivity index (χ4v) is 6.50. The van der Waals surface area contributed by atoms with Gasteiger partial charge in [0, 0.05) is 10.8 Å². The number of hydrogen-bond donors (Lipinski definition) is 0. The van der Waals surface area contributed by atoms with Crippen molar-refractivity contribution < 1.29 is 0 Å². The molecule has 0 unspecified atom stereocenters. The molecule has 0 amide bonds. The van der Waals surface area contributed by atoms with Crippen molar-refractivity contribution >= 4 is 21.8 Å². The summed E-state index contributed by atoms with van der Waals surface area (Å²) in [6.07, 6.45) is 17.3. The summed E-state index contributed by atoms with van der Waals surface area (Å²) in [5, 5.41) is 12.4. The lowest BCUT2D eigenvalue weighted by atomic mass is 9.97. The van der Waals surface area contributed by atoms with Gasteiger partial charge in [0.05, 0.1) is 22.4 Å². The van der Waals surface area contributed by atoms with E-state index < -0.39 is 0 Å². The van der Waals surface area contributed by atoms with Gasteiger partial charge in [0.15, 0.2) is 11.6 Å². The molecule has 4 aromatic heterocycles. The maximum Gasteiger partial charge on any atom is 0.183 e. The number of benzene rings is 3. The second kappa shape index (κ2) is 14.6.